The minimum Gasteiger partial charge on any atom is -0.380 e. The van der Waals surface area contributed by atoms with Gasteiger partial charge in [0.15, 0.2) is 0 Å². The number of rotatable bonds is 4. The lowest BCUT2D eigenvalue weighted by Crippen LogP contribution is -1.96. The van der Waals surface area contributed by atoms with Crippen LogP contribution in [0, 0.1) is 0 Å². The minimum atomic E-state index is -0.132. The van der Waals surface area contributed by atoms with E-state index < -0.39 is 0 Å². The number of hydrogen-bond acceptors (Lipinski definition) is 3. The first-order valence-electron chi connectivity index (χ1n) is 6.17. The van der Waals surface area contributed by atoms with Crippen molar-refractivity contribution < 1.29 is 0 Å². The molecule has 0 saturated carbocycles. The summed E-state index contributed by atoms with van der Waals surface area (Å²) in [6.07, 6.45) is 0. The van der Waals surface area contributed by atoms with Crippen LogP contribution in [0.15, 0.2) is 45.7 Å². The molecule has 3 aromatic rings. The van der Waals surface area contributed by atoms with Crippen LogP contribution in [0.4, 0.5) is 5.69 Å². The van der Waals surface area contributed by atoms with E-state index in [-0.39, 0.29) is 5.56 Å². The standard InChI is InChI=1S/C14H11BrClN3OS/c15-11-5-10(21-14(11)16)7-17-9-3-1-8(2-4-9)12-6-13(20)19-18-12/h1-6,17H,7H2,(H2,18,19,20). The van der Waals surface area contributed by atoms with Crippen molar-refractivity contribution in [3.8, 4) is 11.3 Å². The van der Waals surface area contributed by atoms with Gasteiger partial charge in [-0.2, -0.15) is 0 Å². The van der Waals surface area contributed by atoms with Crippen LogP contribution in [0.25, 0.3) is 11.3 Å². The number of aromatic nitrogens is 2. The van der Waals surface area contributed by atoms with E-state index in [4.69, 9.17) is 11.6 Å². The number of H-pyrrole nitrogens is 2. The van der Waals surface area contributed by atoms with Crippen LogP contribution < -0.4 is 10.9 Å². The Kier molecular flexibility index (Phi) is 4.19. The molecule has 0 saturated heterocycles. The van der Waals surface area contributed by atoms with Crippen molar-refractivity contribution in [1.29, 1.82) is 0 Å². The summed E-state index contributed by atoms with van der Waals surface area (Å²) in [5, 5.41) is 8.69. The predicted octanol–water partition coefficient (Wildman–Crippen LogP) is 4.46. The molecule has 0 spiro atoms. The first kappa shape index (κ1) is 14.4. The number of hydrogen-bond donors (Lipinski definition) is 3. The molecule has 7 heteroatoms. The first-order valence-corrected chi connectivity index (χ1v) is 8.16. The van der Waals surface area contributed by atoms with Crippen molar-refractivity contribution >= 4 is 44.6 Å². The zero-order valence-electron chi connectivity index (χ0n) is 10.7. The molecule has 2 heterocycles. The Morgan fingerprint density at radius 3 is 2.52 bits per heavy atom. The summed E-state index contributed by atoms with van der Waals surface area (Å²) >= 11 is 11.0. The molecular formula is C14H11BrClN3OS. The Balaban J connectivity index is 1.68. The topological polar surface area (TPSA) is 60.7 Å². The Hall–Kier alpha value is -1.50. The smallest absolute Gasteiger partial charge is 0.264 e. The van der Waals surface area contributed by atoms with Gasteiger partial charge in [0.1, 0.15) is 4.34 Å². The number of halogens is 2. The van der Waals surface area contributed by atoms with E-state index in [0.717, 1.165) is 37.2 Å². The summed E-state index contributed by atoms with van der Waals surface area (Å²) in [6.45, 7) is 0.719. The maximum Gasteiger partial charge on any atom is 0.264 e. The van der Waals surface area contributed by atoms with E-state index in [9.17, 15) is 4.79 Å². The van der Waals surface area contributed by atoms with Gasteiger partial charge in [-0.15, -0.1) is 11.3 Å². The normalized spacial score (nSPS) is 10.8. The molecule has 4 nitrogen and oxygen atoms in total. The third-order valence-corrected chi connectivity index (χ3v) is 5.43. The van der Waals surface area contributed by atoms with Crippen LogP contribution in [0.2, 0.25) is 4.34 Å². The number of aromatic amines is 2. The fourth-order valence-electron chi connectivity index (χ4n) is 1.92. The van der Waals surface area contributed by atoms with E-state index in [2.05, 4.69) is 31.4 Å². The van der Waals surface area contributed by atoms with E-state index in [0.29, 0.717) is 0 Å². The van der Waals surface area contributed by atoms with E-state index in [1.54, 1.807) is 11.3 Å². The van der Waals surface area contributed by atoms with Gasteiger partial charge in [0.05, 0.1) is 5.69 Å². The highest BCUT2D eigenvalue weighted by Crippen LogP contribution is 2.32. The lowest BCUT2D eigenvalue weighted by molar-refractivity contribution is 1.06. The van der Waals surface area contributed by atoms with Gasteiger partial charge in [-0.1, -0.05) is 23.7 Å². The summed E-state index contributed by atoms with van der Waals surface area (Å²) in [5.41, 5.74) is 2.62. The highest BCUT2D eigenvalue weighted by Gasteiger charge is 2.05. The Morgan fingerprint density at radius 1 is 1.19 bits per heavy atom. The minimum absolute atomic E-state index is 0.132. The second-order valence-corrected chi connectivity index (χ2v) is 7.03. The number of thiophene rings is 1. The van der Waals surface area contributed by atoms with Gasteiger partial charge >= 0.3 is 0 Å². The second-order valence-electron chi connectivity index (χ2n) is 4.44. The van der Waals surface area contributed by atoms with E-state index >= 15 is 0 Å². The van der Waals surface area contributed by atoms with Gasteiger partial charge in [-0.05, 0) is 39.7 Å². The average Bonchev–Trinajstić information content (AvgIpc) is 3.04. The fraction of sp³-hybridized carbons (Fsp3) is 0.0714. The summed E-state index contributed by atoms with van der Waals surface area (Å²) in [5.74, 6) is 0. The number of nitrogens with one attached hydrogen (secondary N) is 3. The Morgan fingerprint density at radius 2 is 1.95 bits per heavy atom. The fourth-order valence-corrected chi connectivity index (χ4v) is 3.65. The molecule has 0 unspecified atom stereocenters. The average molecular weight is 385 g/mol. The lowest BCUT2D eigenvalue weighted by Gasteiger charge is -2.05. The summed E-state index contributed by atoms with van der Waals surface area (Å²) in [6, 6.07) is 11.4. The molecule has 3 N–H and O–H groups in total. The molecule has 2 aromatic heterocycles. The van der Waals surface area contributed by atoms with Crippen LogP contribution in [-0.4, -0.2) is 10.2 Å². The highest BCUT2D eigenvalue weighted by atomic mass is 79.9. The largest absolute Gasteiger partial charge is 0.380 e. The van der Waals surface area contributed by atoms with Gasteiger partial charge in [-0.25, -0.2) is 0 Å². The van der Waals surface area contributed by atoms with Crippen molar-refractivity contribution in [2.24, 2.45) is 0 Å². The van der Waals surface area contributed by atoms with Gasteiger partial charge < -0.3 is 5.32 Å². The molecule has 0 radical (unpaired) electrons. The second kappa shape index (κ2) is 6.09. The van der Waals surface area contributed by atoms with Gasteiger partial charge in [0.2, 0.25) is 0 Å². The maximum atomic E-state index is 11.1. The van der Waals surface area contributed by atoms with Crippen LogP contribution in [0.3, 0.4) is 0 Å². The van der Waals surface area contributed by atoms with Gasteiger partial charge in [0.25, 0.3) is 5.56 Å². The first-order chi connectivity index (χ1) is 10.1. The molecule has 0 aliphatic carbocycles. The van der Waals surface area contributed by atoms with E-state index in [1.165, 1.54) is 6.07 Å². The zero-order chi connectivity index (χ0) is 14.8. The maximum absolute atomic E-state index is 11.1. The van der Waals surface area contributed by atoms with Crippen LogP contribution >= 0.6 is 38.9 Å². The summed E-state index contributed by atoms with van der Waals surface area (Å²) in [7, 11) is 0. The molecule has 0 fully saturated rings. The van der Waals surface area contributed by atoms with Crippen LogP contribution in [-0.2, 0) is 6.54 Å². The quantitative estimate of drug-likeness (QED) is 0.622. The third kappa shape index (κ3) is 3.40. The SMILES string of the molecule is O=c1cc(-c2ccc(NCc3cc(Br)c(Cl)s3)cc2)[nH][nH]1. The third-order valence-electron chi connectivity index (χ3n) is 2.95. The van der Waals surface area contributed by atoms with E-state index in [1.807, 2.05) is 30.3 Å². The summed E-state index contributed by atoms with van der Waals surface area (Å²) in [4.78, 5) is 12.3. The van der Waals surface area contributed by atoms with Crippen molar-refractivity contribution in [3.05, 3.63) is 60.4 Å². The van der Waals surface area contributed by atoms with Crippen LogP contribution in [0.1, 0.15) is 4.88 Å². The molecule has 0 amide bonds. The molecule has 0 atom stereocenters. The highest BCUT2D eigenvalue weighted by molar-refractivity contribution is 9.10. The van der Waals surface area contributed by atoms with Crippen LogP contribution in [0.5, 0.6) is 0 Å². The zero-order valence-corrected chi connectivity index (χ0v) is 13.9. The predicted molar refractivity (Wildman–Crippen MR) is 91.2 cm³/mol. The van der Waals surface area contributed by atoms with Crippen molar-refractivity contribution in [1.82, 2.24) is 10.2 Å². The lowest BCUT2D eigenvalue weighted by atomic mass is 10.1. The Bertz CT molecular complexity index is 787. The Labute approximate surface area is 138 Å². The van der Waals surface area contributed by atoms with Crippen molar-refractivity contribution in [3.63, 3.8) is 0 Å². The molecule has 0 bridgehead atoms. The molecule has 0 aliphatic rings. The summed E-state index contributed by atoms with van der Waals surface area (Å²) < 4.78 is 1.69. The molecule has 108 valence electrons. The van der Waals surface area contributed by atoms with Gasteiger partial charge in [0, 0.05) is 27.6 Å². The molecule has 1 aromatic carbocycles. The number of benzene rings is 1. The monoisotopic (exact) mass is 383 g/mol. The molecular weight excluding hydrogens is 374 g/mol. The van der Waals surface area contributed by atoms with Crippen molar-refractivity contribution in [2.75, 3.05) is 5.32 Å². The molecule has 0 aliphatic heterocycles. The molecule has 3 rings (SSSR count). The number of anilines is 1. The van der Waals surface area contributed by atoms with Gasteiger partial charge in [-0.3, -0.25) is 15.0 Å². The van der Waals surface area contributed by atoms with Crippen molar-refractivity contribution in [2.45, 2.75) is 6.54 Å². The molecule has 21 heavy (non-hydrogen) atoms.